The van der Waals surface area contributed by atoms with E-state index in [0.29, 0.717) is 10.9 Å². The van der Waals surface area contributed by atoms with Gasteiger partial charge in [0, 0.05) is 17.5 Å². The van der Waals surface area contributed by atoms with Gasteiger partial charge in [-0.1, -0.05) is 15.9 Å². The Bertz CT molecular complexity index is 360. The van der Waals surface area contributed by atoms with Crippen molar-refractivity contribution in [1.82, 2.24) is 4.98 Å². The zero-order valence-corrected chi connectivity index (χ0v) is 7.50. The molecule has 0 aliphatic heterocycles. The first-order chi connectivity index (χ1) is 5.63. The number of hydrogen-bond donors (Lipinski definition) is 1. The molecule has 1 N–H and O–H groups in total. The van der Waals surface area contributed by atoms with Crippen LogP contribution in [0.5, 0.6) is 0 Å². The molecule has 64 valence electrons. The molecule has 0 bridgehead atoms. The van der Waals surface area contributed by atoms with E-state index in [1.165, 1.54) is 12.1 Å². The van der Waals surface area contributed by atoms with Crippen molar-refractivity contribution in [2.45, 2.75) is 5.33 Å². The molecule has 1 heterocycles. The zero-order valence-electron chi connectivity index (χ0n) is 5.91. The van der Waals surface area contributed by atoms with Gasteiger partial charge >= 0.3 is 11.4 Å². The summed E-state index contributed by atoms with van der Waals surface area (Å²) in [6.45, 7) is 0. The van der Waals surface area contributed by atoms with Gasteiger partial charge in [0.05, 0.1) is 0 Å². The lowest BCUT2D eigenvalue weighted by Gasteiger charge is -1.95. The van der Waals surface area contributed by atoms with Crippen LogP contribution in [0.3, 0.4) is 0 Å². The van der Waals surface area contributed by atoms with E-state index in [0.717, 1.165) is 0 Å². The summed E-state index contributed by atoms with van der Waals surface area (Å²) in [6, 6.07) is 2.62. The fourth-order valence-corrected chi connectivity index (χ4v) is 1.08. The first-order valence-electron chi connectivity index (χ1n) is 3.07. The van der Waals surface area contributed by atoms with E-state index in [2.05, 4.69) is 20.9 Å². The molecule has 0 aromatic carbocycles. The summed E-state index contributed by atoms with van der Waals surface area (Å²) < 4.78 is 0. The Morgan fingerprint density at radius 1 is 1.58 bits per heavy atom. The predicted molar refractivity (Wildman–Crippen MR) is 46.3 cm³/mol. The molecule has 0 spiro atoms. The second-order valence-corrected chi connectivity index (χ2v) is 2.69. The van der Waals surface area contributed by atoms with E-state index in [-0.39, 0.29) is 5.82 Å². The Kier molecular flexibility index (Phi) is 2.59. The van der Waals surface area contributed by atoms with E-state index < -0.39 is 10.5 Å². The van der Waals surface area contributed by atoms with Crippen molar-refractivity contribution < 1.29 is 4.92 Å². The van der Waals surface area contributed by atoms with Gasteiger partial charge < -0.3 is 10.1 Å². The van der Waals surface area contributed by atoms with Crippen LogP contribution in [0, 0.1) is 10.1 Å². The van der Waals surface area contributed by atoms with Crippen molar-refractivity contribution >= 4 is 21.7 Å². The second kappa shape index (κ2) is 3.48. The van der Waals surface area contributed by atoms with Crippen LogP contribution in [-0.4, -0.2) is 9.91 Å². The van der Waals surface area contributed by atoms with Crippen molar-refractivity contribution in [3.8, 4) is 0 Å². The summed E-state index contributed by atoms with van der Waals surface area (Å²) in [7, 11) is 0. The minimum absolute atomic E-state index is 0.281. The Morgan fingerprint density at radius 2 is 2.25 bits per heavy atom. The Hall–Kier alpha value is -1.17. The van der Waals surface area contributed by atoms with Crippen molar-refractivity contribution in [2.24, 2.45) is 0 Å². The van der Waals surface area contributed by atoms with Gasteiger partial charge in [0.1, 0.15) is 0 Å². The largest absolute Gasteiger partial charge is 0.358 e. The number of aromatic nitrogens is 1. The van der Waals surface area contributed by atoms with Crippen LogP contribution in [0.15, 0.2) is 16.9 Å². The van der Waals surface area contributed by atoms with E-state index in [9.17, 15) is 14.9 Å². The zero-order chi connectivity index (χ0) is 9.14. The standard InChI is InChI=1S/C6H5BrN2O3/c7-3-4-1-5(9(11)12)8-6(10)2-4/h1-2H,3H2,(H,8,10). The normalized spacial score (nSPS) is 9.75. The maximum absolute atomic E-state index is 10.8. The summed E-state index contributed by atoms with van der Waals surface area (Å²) in [4.78, 5) is 22.5. The van der Waals surface area contributed by atoms with Crippen LogP contribution in [0.1, 0.15) is 5.56 Å². The van der Waals surface area contributed by atoms with Crippen LogP contribution in [0.4, 0.5) is 5.82 Å². The van der Waals surface area contributed by atoms with Gasteiger partial charge in [-0.25, -0.2) is 9.78 Å². The van der Waals surface area contributed by atoms with E-state index in [1.807, 2.05) is 0 Å². The topological polar surface area (TPSA) is 76.0 Å². The molecule has 0 amide bonds. The Morgan fingerprint density at radius 3 is 2.75 bits per heavy atom. The summed E-state index contributed by atoms with van der Waals surface area (Å²) in [6.07, 6.45) is 0. The van der Waals surface area contributed by atoms with Crippen molar-refractivity contribution in [2.75, 3.05) is 0 Å². The van der Waals surface area contributed by atoms with Gasteiger partial charge in [-0.2, -0.15) is 0 Å². The van der Waals surface area contributed by atoms with Crippen LogP contribution >= 0.6 is 15.9 Å². The number of alkyl halides is 1. The average molecular weight is 233 g/mol. The molecule has 0 aliphatic rings. The molecule has 5 nitrogen and oxygen atoms in total. The number of halogens is 1. The SMILES string of the molecule is O=c1cc(CBr)cc([N+](=O)[O-])[nH]1. The van der Waals surface area contributed by atoms with Gasteiger partial charge in [-0.05, 0) is 10.5 Å². The molecule has 0 atom stereocenters. The molecular formula is C6H5BrN2O3. The van der Waals surface area contributed by atoms with Crippen molar-refractivity contribution in [3.05, 3.63) is 38.2 Å². The minimum atomic E-state index is -0.631. The molecule has 0 saturated heterocycles. The van der Waals surface area contributed by atoms with Crippen molar-refractivity contribution in [1.29, 1.82) is 0 Å². The Labute approximate surface area is 75.7 Å². The van der Waals surface area contributed by atoms with Crippen LogP contribution in [-0.2, 0) is 5.33 Å². The number of rotatable bonds is 2. The highest BCUT2D eigenvalue weighted by Crippen LogP contribution is 2.09. The molecule has 6 heteroatoms. The minimum Gasteiger partial charge on any atom is -0.358 e. The van der Waals surface area contributed by atoms with Crippen LogP contribution in [0.2, 0.25) is 0 Å². The average Bonchev–Trinajstić information content (AvgIpc) is 2.03. The van der Waals surface area contributed by atoms with Gasteiger partial charge in [0.15, 0.2) is 0 Å². The van der Waals surface area contributed by atoms with E-state index in [1.54, 1.807) is 0 Å². The number of aromatic amines is 1. The number of nitrogens with zero attached hydrogens (tertiary/aromatic N) is 1. The fourth-order valence-electron chi connectivity index (χ4n) is 0.760. The number of pyridine rings is 1. The molecule has 12 heavy (non-hydrogen) atoms. The predicted octanol–water partition coefficient (Wildman–Crippen LogP) is 1.18. The summed E-state index contributed by atoms with van der Waals surface area (Å²) in [5.41, 5.74) is 0.129. The van der Waals surface area contributed by atoms with Crippen LogP contribution in [0.25, 0.3) is 0 Å². The lowest BCUT2D eigenvalue weighted by Crippen LogP contribution is -2.08. The fraction of sp³-hybridized carbons (Fsp3) is 0.167. The third-order valence-corrected chi connectivity index (χ3v) is 1.89. The monoisotopic (exact) mass is 232 g/mol. The molecule has 0 unspecified atom stereocenters. The van der Waals surface area contributed by atoms with Gasteiger partial charge in [-0.15, -0.1) is 0 Å². The number of nitrogens with one attached hydrogen (secondary N) is 1. The molecule has 1 aromatic rings. The van der Waals surface area contributed by atoms with Crippen LogP contribution < -0.4 is 5.56 Å². The number of hydrogen-bond acceptors (Lipinski definition) is 3. The quantitative estimate of drug-likeness (QED) is 0.473. The summed E-state index contributed by atoms with van der Waals surface area (Å²) in [5, 5.41) is 10.7. The van der Waals surface area contributed by atoms with Gasteiger partial charge in [-0.3, -0.25) is 0 Å². The molecule has 0 fully saturated rings. The molecule has 0 aliphatic carbocycles. The summed E-state index contributed by atoms with van der Waals surface area (Å²) >= 11 is 3.10. The van der Waals surface area contributed by atoms with Gasteiger partial charge in [0.25, 0.3) is 0 Å². The first-order valence-corrected chi connectivity index (χ1v) is 4.19. The van der Waals surface area contributed by atoms with Gasteiger partial charge in [0.2, 0.25) is 0 Å². The van der Waals surface area contributed by atoms with Crippen molar-refractivity contribution in [3.63, 3.8) is 0 Å². The molecule has 1 aromatic heterocycles. The van der Waals surface area contributed by atoms with E-state index >= 15 is 0 Å². The molecule has 0 saturated carbocycles. The molecular weight excluding hydrogens is 228 g/mol. The molecule has 1 rings (SSSR count). The third-order valence-electron chi connectivity index (χ3n) is 1.24. The lowest BCUT2D eigenvalue weighted by molar-refractivity contribution is -0.389. The maximum Gasteiger partial charge on any atom is 0.332 e. The summed E-state index contributed by atoms with van der Waals surface area (Å²) in [5.74, 6) is -0.281. The Balaban J connectivity index is 3.24. The highest BCUT2D eigenvalue weighted by Gasteiger charge is 2.05. The number of H-pyrrole nitrogens is 1. The highest BCUT2D eigenvalue weighted by atomic mass is 79.9. The maximum atomic E-state index is 10.8. The molecule has 0 radical (unpaired) electrons. The van der Waals surface area contributed by atoms with E-state index in [4.69, 9.17) is 0 Å². The smallest absolute Gasteiger partial charge is 0.332 e. The highest BCUT2D eigenvalue weighted by molar-refractivity contribution is 9.08. The second-order valence-electron chi connectivity index (χ2n) is 2.13. The lowest BCUT2D eigenvalue weighted by atomic mass is 10.3. The number of nitro groups is 1. The third kappa shape index (κ3) is 1.91. The first kappa shape index (κ1) is 8.92.